The van der Waals surface area contributed by atoms with E-state index in [0.717, 1.165) is 61.3 Å². The van der Waals surface area contributed by atoms with Gasteiger partial charge in [0, 0.05) is 33.2 Å². The van der Waals surface area contributed by atoms with E-state index in [9.17, 15) is 0 Å². The molecular weight excluding hydrogens is 548 g/mol. The van der Waals surface area contributed by atoms with Crippen molar-refractivity contribution in [3.63, 3.8) is 0 Å². The highest BCUT2D eigenvalue weighted by Gasteiger charge is 2.16. The van der Waals surface area contributed by atoms with Gasteiger partial charge in [0.15, 0.2) is 5.82 Å². The maximum Gasteiger partial charge on any atom is 0.160 e. The van der Waals surface area contributed by atoms with Crippen LogP contribution in [0.15, 0.2) is 158 Å². The zero-order chi connectivity index (χ0) is 30.2. The zero-order valence-electron chi connectivity index (χ0n) is 24.3. The average molecular weight is 575 g/mol. The molecule has 4 heteroatoms. The van der Waals surface area contributed by atoms with Crippen LogP contribution in [-0.4, -0.2) is 14.5 Å². The number of nitriles is 1. The summed E-state index contributed by atoms with van der Waals surface area (Å²) in [5.41, 5.74) is 11.0. The SMILES string of the molecule is N#Cc1ccc(-c2ccc(-c3cc(-c4ccccc4)nc(-c4ccc5c(c4)c4ccccc4n5-c4ccccc4)n3)cc2)cc1. The van der Waals surface area contributed by atoms with Gasteiger partial charge in [0.2, 0.25) is 0 Å². The maximum absolute atomic E-state index is 9.15. The molecule has 0 N–H and O–H groups in total. The number of fused-ring (bicyclic) bond motifs is 3. The molecule has 45 heavy (non-hydrogen) atoms. The Morgan fingerprint density at radius 1 is 0.444 bits per heavy atom. The van der Waals surface area contributed by atoms with Gasteiger partial charge in [0.05, 0.1) is 34.1 Å². The van der Waals surface area contributed by atoms with Gasteiger partial charge >= 0.3 is 0 Å². The summed E-state index contributed by atoms with van der Waals surface area (Å²) in [6.45, 7) is 0. The fraction of sp³-hybridized carbons (Fsp3) is 0. The van der Waals surface area contributed by atoms with E-state index in [2.05, 4.69) is 120 Å². The smallest absolute Gasteiger partial charge is 0.160 e. The van der Waals surface area contributed by atoms with Crippen LogP contribution in [0.1, 0.15) is 5.56 Å². The molecule has 0 bridgehead atoms. The Bertz CT molecular complexity index is 2350. The molecule has 0 aliphatic carbocycles. The molecule has 0 aliphatic heterocycles. The molecule has 0 spiro atoms. The van der Waals surface area contributed by atoms with Crippen LogP contribution in [-0.2, 0) is 0 Å². The highest BCUT2D eigenvalue weighted by Crippen LogP contribution is 2.35. The van der Waals surface area contributed by atoms with Crippen LogP contribution in [0.2, 0.25) is 0 Å². The van der Waals surface area contributed by atoms with Crippen molar-refractivity contribution >= 4 is 21.8 Å². The molecule has 0 unspecified atom stereocenters. The molecular formula is C41H26N4. The minimum atomic E-state index is 0.653. The van der Waals surface area contributed by atoms with Gasteiger partial charge in [-0.15, -0.1) is 0 Å². The molecule has 0 saturated carbocycles. The van der Waals surface area contributed by atoms with Gasteiger partial charge < -0.3 is 4.57 Å². The molecule has 8 rings (SSSR count). The van der Waals surface area contributed by atoms with Crippen LogP contribution in [0.4, 0.5) is 0 Å². The van der Waals surface area contributed by atoms with Crippen molar-refractivity contribution in [3.05, 3.63) is 163 Å². The molecule has 0 atom stereocenters. The largest absolute Gasteiger partial charge is 0.309 e. The molecule has 0 radical (unpaired) electrons. The van der Waals surface area contributed by atoms with E-state index in [-0.39, 0.29) is 0 Å². The Labute approximate surface area is 261 Å². The number of rotatable bonds is 5. The maximum atomic E-state index is 9.15. The molecule has 6 aromatic carbocycles. The predicted octanol–water partition coefficient (Wildman–Crippen LogP) is 10.1. The summed E-state index contributed by atoms with van der Waals surface area (Å²) in [5.74, 6) is 0.681. The van der Waals surface area contributed by atoms with E-state index in [0.29, 0.717) is 11.4 Å². The van der Waals surface area contributed by atoms with Crippen LogP contribution < -0.4 is 0 Å². The summed E-state index contributed by atoms with van der Waals surface area (Å²) in [6, 6.07) is 56.1. The number of para-hydroxylation sites is 2. The van der Waals surface area contributed by atoms with E-state index < -0.39 is 0 Å². The van der Waals surface area contributed by atoms with Crippen LogP contribution in [0, 0.1) is 11.3 Å². The third kappa shape index (κ3) is 4.83. The molecule has 4 nitrogen and oxygen atoms in total. The third-order valence-electron chi connectivity index (χ3n) is 8.27. The number of hydrogen-bond donors (Lipinski definition) is 0. The fourth-order valence-corrected chi connectivity index (χ4v) is 6.02. The van der Waals surface area contributed by atoms with Gasteiger partial charge in [0.25, 0.3) is 0 Å². The fourth-order valence-electron chi connectivity index (χ4n) is 6.02. The Morgan fingerprint density at radius 3 is 1.67 bits per heavy atom. The summed E-state index contributed by atoms with van der Waals surface area (Å²) in [7, 11) is 0. The van der Waals surface area contributed by atoms with Crippen molar-refractivity contribution in [1.82, 2.24) is 14.5 Å². The van der Waals surface area contributed by atoms with Crippen molar-refractivity contribution in [2.75, 3.05) is 0 Å². The first-order valence-electron chi connectivity index (χ1n) is 14.9. The van der Waals surface area contributed by atoms with Crippen LogP contribution in [0.5, 0.6) is 0 Å². The first-order chi connectivity index (χ1) is 22.2. The second kappa shape index (κ2) is 11.1. The lowest BCUT2D eigenvalue weighted by Gasteiger charge is -2.11. The molecule has 210 valence electrons. The van der Waals surface area contributed by atoms with Gasteiger partial charge in [-0.25, -0.2) is 9.97 Å². The summed E-state index contributed by atoms with van der Waals surface area (Å²) < 4.78 is 2.32. The number of nitrogens with zero attached hydrogens (tertiary/aromatic N) is 4. The molecule has 0 amide bonds. The zero-order valence-corrected chi connectivity index (χ0v) is 24.3. The quantitative estimate of drug-likeness (QED) is 0.205. The van der Waals surface area contributed by atoms with Crippen LogP contribution in [0.25, 0.3) is 72.5 Å². The molecule has 0 fully saturated rings. The normalized spacial score (nSPS) is 11.1. The molecule has 2 aromatic heterocycles. The summed E-state index contributed by atoms with van der Waals surface area (Å²) >= 11 is 0. The van der Waals surface area contributed by atoms with E-state index in [1.54, 1.807) is 0 Å². The van der Waals surface area contributed by atoms with E-state index in [1.165, 1.54) is 5.39 Å². The number of aromatic nitrogens is 3. The van der Waals surface area contributed by atoms with Gasteiger partial charge in [-0.2, -0.15) is 5.26 Å². The second-order valence-electron chi connectivity index (χ2n) is 11.0. The Balaban J connectivity index is 1.27. The van der Waals surface area contributed by atoms with Crippen molar-refractivity contribution in [3.8, 4) is 56.8 Å². The van der Waals surface area contributed by atoms with Crippen molar-refractivity contribution in [2.24, 2.45) is 0 Å². The van der Waals surface area contributed by atoms with Crippen molar-refractivity contribution in [1.29, 1.82) is 5.26 Å². The van der Waals surface area contributed by atoms with Crippen LogP contribution >= 0.6 is 0 Å². The lowest BCUT2D eigenvalue weighted by Crippen LogP contribution is -1.96. The van der Waals surface area contributed by atoms with Gasteiger partial charge in [-0.3, -0.25) is 0 Å². The minimum Gasteiger partial charge on any atom is -0.309 e. The lowest BCUT2D eigenvalue weighted by atomic mass is 10.0. The molecule has 2 heterocycles. The number of hydrogen-bond acceptors (Lipinski definition) is 3. The Kier molecular flexibility index (Phi) is 6.48. The minimum absolute atomic E-state index is 0.653. The highest BCUT2D eigenvalue weighted by molar-refractivity contribution is 6.10. The third-order valence-corrected chi connectivity index (χ3v) is 8.27. The van der Waals surface area contributed by atoms with Gasteiger partial charge in [0.1, 0.15) is 0 Å². The summed E-state index contributed by atoms with van der Waals surface area (Å²) in [6.07, 6.45) is 0. The molecule has 8 aromatic rings. The molecule has 0 saturated heterocycles. The Morgan fingerprint density at radius 2 is 0.978 bits per heavy atom. The number of benzene rings is 6. The lowest BCUT2D eigenvalue weighted by molar-refractivity contribution is 1.17. The first-order valence-corrected chi connectivity index (χ1v) is 14.9. The van der Waals surface area contributed by atoms with Crippen LogP contribution in [0.3, 0.4) is 0 Å². The highest BCUT2D eigenvalue weighted by atomic mass is 15.0. The Hall–Kier alpha value is -6.31. The van der Waals surface area contributed by atoms with Crippen molar-refractivity contribution in [2.45, 2.75) is 0 Å². The van der Waals surface area contributed by atoms with Gasteiger partial charge in [-0.05, 0) is 65.7 Å². The average Bonchev–Trinajstić information content (AvgIpc) is 3.46. The first kappa shape index (κ1) is 26.3. The summed E-state index contributed by atoms with van der Waals surface area (Å²) in [4.78, 5) is 10.2. The monoisotopic (exact) mass is 574 g/mol. The molecule has 0 aliphatic rings. The predicted molar refractivity (Wildman–Crippen MR) is 183 cm³/mol. The van der Waals surface area contributed by atoms with Gasteiger partial charge in [-0.1, -0.05) is 103 Å². The second-order valence-corrected chi connectivity index (χ2v) is 11.0. The topological polar surface area (TPSA) is 54.5 Å². The van der Waals surface area contributed by atoms with E-state index in [1.807, 2.05) is 48.5 Å². The van der Waals surface area contributed by atoms with E-state index >= 15 is 0 Å². The standard InChI is InChI=1S/C41H26N4/c42-27-28-15-17-29(18-16-28)30-19-21-32(22-20-30)38-26-37(31-9-3-1-4-10-31)43-41(44-38)33-23-24-40-36(25-33)35-13-7-8-14-39(35)45(40)34-11-5-2-6-12-34/h1-26H. The van der Waals surface area contributed by atoms with E-state index in [4.69, 9.17) is 15.2 Å². The van der Waals surface area contributed by atoms with Crippen molar-refractivity contribution < 1.29 is 0 Å². The summed E-state index contributed by atoms with van der Waals surface area (Å²) in [5, 5.41) is 11.5.